The van der Waals surface area contributed by atoms with Crippen LogP contribution >= 0.6 is 0 Å². The predicted molar refractivity (Wildman–Crippen MR) is 131 cm³/mol. The maximum atomic E-state index is 13.3. The van der Waals surface area contributed by atoms with E-state index in [1.807, 2.05) is 12.1 Å². The van der Waals surface area contributed by atoms with Gasteiger partial charge in [-0.1, -0.05) is 20.8 Å². The molecule has 0 spiro atoms. The van der Waals surface area contributed by atoms with Crippen LogP contribution in [0.2, 0.25) is 0 Å². The van der Waals surface area contributed by atoms with Gasteiger partial charge in [0, 0.05) is 49.3 Å². The summed E-state index contributed by atoms with van der Waals surface area (Å²) in [5.41, 5.74) is 2.73. The molecule has 0 aliphatic carbocycles. The lowest BCUT2D eigenvalue weighted by atomic mass is 10.1. The minimum absolute atomic E-state index is 0.176. The van der Waals surface area contributed by atoms with Crippen LogP contribution in [-0.4, -0.2) is 59.5 Å². The molecule has 0 amide bonds. The van der Waals surface area contributed by atoms with E-state index in [4.69, 9.17) is 9.47 Å². The number of nitrogens with one attached hydrogen (secondary N) is 2. The monoisotopic (exact) mass is 454 g/mol. The molecule has 0 radical (unpaired) electrons. The zero-order valence-electron chi connectivity index (χ0n) is 19.9. The van der Waals surface area contributed by atoms with Gasteiger partial charge < -0.3 is 20.1 Å². The van der Waals surface area contributed by atoms with Crippen molar-refractivity contribution in [1.82, 2.24) is 24.8 Å². The standard InChI is InChI=1S/C24H34N6O3/c1-5-10-33-11-9-30-20-12-19(18-7-8-21(32-4)26-15-18)16-28-22(20)29-23(24(30)31)27-14-17(3)13-25-6-2/h7-8,12,15-17,25H,5-6,9-11,13-14H2,1-4H3,(H,27,28,29). The summed E-state index contributed by atoms with van der Waals surface area (Å²) in [4.78, 5) is 26.7. The van der Waals surface area contributed by atoms with E-state index < -0.39 is 0 Å². The second kappa shape index (κ2) is 12.3. The maximum Gasteiger partial charge on any atom is 0.293 e. The van der Waals surface area contributed by atoms with E-state index >= 15 is 0 Å². The molecule has 0 saturated heterocycles. The lowest BCUT2D eigenvalue weighted by Gasteiger charge is -2.16. The zero-order valence-corrected chi connectivity index (χ0v) is 19.9. The van der Waals surface area contributed by atoms with Crippen LogP contribution in [-0.2, 0) is 11.3 Å². The third kappa shape index (κ3) is 6.49. The van der Waals surface area contributed by atoms with Crippen molar-refractivity contribution in [1.29, 1.82) is 0 Å². The molecule has 3 heterocycles. The Hall–Kier alpha value is -3.04. The van der Waals surface area contributed by atoms with Crippen molar-refractivity contribution in [3.8, 4) is 17.0 Å². The van der Waals surface area contributed by atoms with E-state index in [0.717, 1.165) is 30.6 Å². The van der Waals surface area contributed by atoms with Crippen LogP contribution in [0.3, 0.4) is 0 Å². The molecule has 0 saturated carbocycles. The van der Waals surface area contributed by atoms with Crippen LogP contribution in [0.4, 0.5) is 5.82 Å². The first kappa shape index (κ1) is 24.6. The fourth-order valence-corrected chi connectivity index (χ4v) is 3.42. The average Bonchev–Trinajstić information content (AvgIpc) is 2.85. The van der Waals surface area contributed by atoms with E-state index in [1.165, 1.54) is 0 Å². The summed E-state index contributed by atoms with van der Waals surface area (Å²) in [6.45, 7) is 10.2. The van der Waals surface area contributed by atoms with Crippen molar-refractivity contribution < 1.29 is 9.47 Å². The van der Waals surface area contributed by atoms with Gasteiger partial charge in [-0.25, -0.2) is 15.0 Å². The van der Waals surface area contributed by atoms with Gasteiger partial charge in [-0.05, 0) is 37.6 Å². The summed E-state index contributed by atoms with van der Waals surface area (Å²) in [5.74, 6) is 1.20. The average molecular weight is 455 g/mol. The van der Waals surface area contributed by atoms with Crippen molar-refractivity contribution >= 4 is 17.0 Å². The lowest BCUT2D eigenvalue weighted by Crippen LogP contribution is -2.31. The molecule has 178 valence electrons. The minimum Gasteiger partial charge on any atom is -0.481 e. The zero-order chi connectivity index (χ0) is 23.6. The number of hydrogen-bond acceptors (Lipinski definition) is 8. The second-order valence-corrected chi connectivity index (χ2v) is 7.98. The van der Waals surface area contributed by atoms with Crippen molar-refractivity contribution in [2.24, 2.45) is 5.92 Å². The highest BCUT2D eigenvalue weighted by atomic mass is 16.5. The van der Waals surface area contributed by atoms with Crippen LogP contribution in [0.5, 0.6) is 5.88 Å². The van der Waals surface area contributed by atoms with E-state index in [9.17, 15) is 4.79 Å². The molecule has 3 aromatic rings. The van der Waals surface area contributed by atoms with Crippen molar-refractivity contribution in [2.45, 2.75) is 33.7 Å². The van der Waals surface area contributed by atoms with E-state index in [1.54, 1.807) is 30.1 Å². The fraction of sp³-hybridized carbons (Fsp3) is 0.500. The van der Waals surface area contributed by atoms with Gasteiger partial charge in [0.1, 0.15) is 0 Å². The molecule has 1 atom stereocenters. The summed E-state index contributed by atoms with van der Waals surface area (Å²) < 4.78 is 12.5. The van der Waals surface area contributed by atoms with Gasteiger partial charge in [0.05, 0.1) is 19.2 Å². The molecule has 0 aliphatic heterocycles. The summed E-state index contributed by atoms with van der Waals surface area (Å²) in [6, 6.07) is 5.64. The van der Waals surface area contributed by atoms with Gasteiger partial charge in [0.25, 0.3) is 5.56 Å². The van der Waals surface area contributed by atoms with E-state index in [0.29, 0.717) is 55.1 Å². The highest BCUT2D eigenvalue weighted by Crippen LogP contribution is 2.23. The first-order valence-electron chi connectivity index (χ1n) is 11.5. The Kier molecular flexibility index (Phi) is 9.14. The van der Waals surface area contributed by atoms with Crippen LogP contribution < -0.4 is 20.9 Å². The molecule has 2 N–H and O–H groups in total. The number of rotatable bonds is 13. The summed E-state index contributed by atoms with van der Waals surface area (Å²) in [7, 11) is 1.58. The number of hydrogen-bond donors (Lipinski definition) is 2. The SMILES string of the molecule is CCCOCCn1c(=O)c(NCC(C)CNCC)nc2ncc(-c3ccc(OC)nc3)cc21. The number of methoxy groups -OCH3 is 1. The van der Waals surface area contributed by atoms with Crippen LogP contribution in [0.1, 0.15) is 27.2 Å². The lowest BCUT2D eigenvalue weighted by molar-refractivity contribution is 0.127. The van der Waals surface area contributed by atoms with Crippen molar-refractivity contribution in [2.75, 3.05) is 45.3 Å². The van der Waals surface area contributed by atoms with E-state index in [-0.39, 0.29) is 5.56 Å². The largest absolute Gasteiger partial charge is 0.481 e. The van der Waals surface area contributed by atoms with Gasteiger partial charge in [-0.3, -0.25) is 9.36 Å². The van der Waals surface area contributed by atoms with Gasteiger partial charge in [0.15, 0.2) is 11.5 Å². The Bertz CT molecular complexity index is 1080. The maximum absolute atomic E-state index is 13.3. The molecule has 0 fully saturated rings. The van der Waals surface area contributed by atoms with Crippen LogP contribution in [0.15, 0.2) is 35.4 Å². The van der Waals surface area contributed by atoms with Crippen LogP contribution in [0, 0.1) is 5.92 Å². The predicted octanol–water partition coefficient (Wildman–Crippen LogP) is 2.95. The second-order valence-electron chi connectivity index (χ2n) is 7.98. The number of pyridine rings is 2. The Morgan fingerprint density at radius 2 is 1.91 bits per heavy atom. The Labute approximate surface area is 194 Å². The van der Waals surface area contributed by atoms with Gasteiger partial charge in [-0.2, -0.15) is 0 Å². The topological polar surface area (TPSA) is 103 Å². The van der Waals surface area contributed by atoms with Gasteiger partial charge >= 0.3 is 0 Å². The third-order valence-corrected chi connectivity index (χ3v) is 5.25. The van der Waals surface area contributed by atoms with Crippen molar-refractivity contribution in [3.05, 3.63) is 40.9 Å². The normalized spacial score (nSPS) is 12.1. The number of nitrogens with zero attached hydrogens (tertiary/aromatic N) is 4. The van der Waals surface area contributed by atoms with Crippen molar-refractivity contribution in [3.63, 3.8) is 0 Å². The molecule has 9 nitrogen and oxygen atoms in total. The number of fused-ring (bicyclic) bond motifs is 1. The van der Waals surface area contributed by atoms with Crippen LogP contribution in [0.25, 0.3) is 22.3 Å². The Balaban J connectivity index is 1.95. The smallest absolute Gasteiger partial charge is 0.293 e. The molecule has 3 aromatic heterocycles. The molecular weight excluding hydrogens is 420 g/mol. The van der Waals surface area contributed by atoms with Gasteiger partial charge in [-0.15, -0.1) is 0 Å². The molecule has 0 aliphatic rings. The highest BCUT2D eigenvalue weighted by Gasteiger charge is 2.14. The highest BCUT2D eigenvalue weighted by molar-refractivity contribution is 5.78. The molecule has 33 heavy (non-hydrogen) atoms. The molecule has 9 heteroatoms. The fourth-order valence-electron chi connectivity index (χ4n) is 3.42. The molecule has 1 unspecified atom stereocenters. The molecular formula is C24H34N6O3. The minimum atomic E-state index is -0.176. The van der Waals surface area contributed by atoms with Gasteiger partial charge in [0.2, 0.25) is 5.88 Å². The summed E-state index contributed by atoms with van der Waals surface area (Å²) in [6.07, 6.45) is 4.40. The summed E-state index contributed by atoms with van der Waals surface area (Å²) >= 11 is 0. The summed E-state index contributed by atoms with van der Waals surface area (Å²) in [5, 5.41) is 6.55. The Morgan fingerprint density at radius 1 is 1.09 bits per heavy atom. The Morgan fingerprint density at radius 3 is 2.61 bits per heavy atom. The third-order valence-electron chi connectivity index (χ3n) is 5.25. The quantitative estimate of drug-likeness (QED) is 0.380. The molecule has 0 aromatic carbocycles. The number of anilines is 1. The molecule has 0 bridgehead atoms. The number of ether oxygens (including phenoxy) is 2. The number of aromatic nitrogens is 4. The van der Waals surface area contributed by atoms with E-state index in [2.05, 4.69) is 46.4 Å². The first-order valence-corrected chi connectivity index (χ1v) is 11.5. The first-order chi connectivity index (χ1) is 16.1. The molecule has 3 rings (SSSR count).